The first-order valence-electron chi connectivity index (χ1n) is 12.1. The van der Waals surface area contributed by atoms with E-state index < -0.39 is 53.8 Å². The molecule has 0 spiro atoms. The van der Waals surface area contributed by atoms with Crippen molar-refractivity contribution in [2.45, 2.75) is 62.7 Å². The second kappa shape index (κ2) is 17.6. The van der Waals surface area contributed by atoms with Gasteiger partial charge in [0, 0.05) is 31.3 Å². The molecule has 39 heavy (non-hydrogen) atoms. The van der Waals surface area contributed by atoms with Crippen LogP contribution in [0, 0.1) is 0 Å². The molecular weight excluding hydrogens is 532 g/mol. The molecular formula is C22H38N10O6S. The number of H-pyrrole nitrogens is 1. The lowest BCUT2D eigenvalue weighted by atomic mass is 10.1. The Balaban J connectivity index is 3.02. The third-order valence-electron chi connectivity index (χ3n) is 5.45. The number of amides is 4. The minimum atomic E-state index is -1.29. The maximum absolute atomic E-state index is 13.2. The maximum Gasteiger partial charge on any atom is 0.326 e. The summed E-state index contributed by atoms with van der Waals surface area (Å²) in [6.45, 7) is 0.170. The highest BCUT2D eigenvalue weighted by molar-refractivity contribution is 7.98. The van der Waals surface area contributed by atoms with E-state index in [2.05, 4.69) is 30.9 Å². The van der Waals surface area contributed by atoms with Gasteiger partial charge in [0.05, 0.1) is 12.4 Å². The van der Waals surface area contributed by atoms with Crippen LogP contribution in [-0.4, -0.2) is 93.4 Å². The summed E-state index contributed by atoms with van der Waals surface area (Å²) in [6.07, 6.45) is 4.96. The van der Waals surface area contributed by atoms with Crippen LogP contribution in [0.1, 0.15) is 37.8 Å². The van der Waals surface area contributed by atoms with Gasteiger partial charge in [-0.2, -0.15) is 11.8 Å². The Bertz CT molecular complexity index is 986. The highest BCUT2D eigenvalue weighted by Gasteiger charge is 2.30. The van der Waals surface area contributed by atoms with E-state index in [9.17, 15) is 29.1 Å². The fraction of sp³-hybridized carbons (Fsp3) is 0.591. The zero-order valence-electron chi connectivity index (χ0n) is 21.7. The Labute approximate surface area is 229 Å². The summed E-state index contributed by atoms with van der Waals surface area (Å²) in [7, 11) is 0. The molecule has 0 saturated carbocycles. The number of nitrogens with two attached hydrogens (primary N) is 4. The van der Waals surface area contributed by atoms with Crippen molar-refractivity contribution in [3.8, 4) is 0 Å². The molecule has 1 aromatic rings. The van der Waals surface area contributed by atoms with E-state index >= 15 is 0 Å². The Morgan fingerprint density at radius 2 is 1.62 bits per heavy atom. The first-order valence-corrected chi connectivity index (χ1v) is 13.5. The topological polar surface area (TPSA) is 287 Å². The summed E-state index contributed by atoms with van der Waals surface area (Å²) in [6, 6.07) is -4.65. The smallest absolute Gasteiger partial charge is 0.326 e. The highest BCUT2D eigenvalue weighted by Crippen LogP contribution is 2.07. The summed E-state index contributed by atoms with van der Waals surface area (Å²) in [4.78, 5) is 72.4. The molecule has 0 aliphatic heterocycles. The van der Waals surface area contributed by atoms with Crippen molar-refractivity contribution in [1.29, 1.82) is 0 Å². The molecule has 16 nitrogen and oxygen atoms in total. The van der Waals surface area contributed by atoms with Crippen LogP contribution in [0.3, 0.4) is 0 Å². The van der Waals surface area contributed by atoms with Crippen molar-refractivity contribution in [2.75, 3.05) is 18.6 Å². The van der Waals surface area contributed by atoms with Crippen molar-refractivity contribution in [3.63, 3.8) is 0 Å². The van der Waals surface area contributed by atoms with Gasteiger partial charge in [-0.3, -0.25) is 24.2 Å². The molecule has 0 bridgehead atoms. The molecule has 0 aliphatic carbocycles. The number of hydrogen-bond donors (Lipinski definition) is 9. The van der Waals surface area contributed by atoms with E-state index in [1.54, 1.807) is 6.26 Å². The molecule has 1 rings (SSSR count). The first kappa shape index (κ1) is 33.2. The van der Waals surface area contributed by atoms with Crippen LogP contribution < -0.4 is 38.9 Å². The van der Waals surface area contributed by atoms with E-state index in [0.29, 0.717) is 17.9 Å². The van der Waals surface area contributed by atoms with Gasteiger partial charge in [-0.05, 0) is 37.7 Å². The summed E-state index contributed by atoms with van der Waals surface area (Å²) in [5.74, 6) is -3.81. The van der Waals surface area contributed by atoms with Crippen LogP contribution in [0.5, 0.6) is 0 Å². The number of primary amides is 1. The second-order valence-corrected chi connectivity index (χ2v) is 9.63. The highest BCUT2D eigenvalue weighted by atomic mass is 32.2. The monoisotopic (exact) mass is 570 g/mol. The lowest BCUT2D eigenvalue weighted by Gasteiger charge is -2.25. The Morgan fingerprint density at radius 1 is 1.00 bits per heavy atom. The molecule has 0 aliphatic rings. The molecule has 4 atom stereocenters. The van der Waals surface area contributed by atoms with E-state index in [-0.39, 0.29) is 44.6 Å². The largest absolute Gasteiger partial charge is 0.480 e. The fourth-order valence-corrected chi connectivity index (χ4v) is 3.84. The Morgan fingerprint density at radius 3 is 2.15 bits per heavy atom. The lowest BCUT2D eigenvalue weighted by molar-refractivity contribution is -0.142. The molecule has 4 amide bonds. The molecule has 17 heteroatoms. The normalized spacial score (nSPS) is 13.8. The molecule has 218 valence electrons. The van der Waals surface area contributed by atoms with Crippen molar-refractivity contribution in [2.24, 2.45) is 27.9 Å². The molecule has 0 saturated heterocycles. The van der Waals surface area contributed by atoms with E-state index in [1.807, 2.05) is 0 Å². The second-order valence-electron chi connectivity index (χ2n) is 8.64. The lowest BCUT2D eigenvalue weighted by Crippen LogP contribution is -2.57. The number of thioether (sulfide) groups is 1. The number of nitrogens with one attached hydrogen (secondary N) is 4. The SMILES string of the molecule is CSCCC(NC(=O)C(CCC(N)=O)NC(=O)C(CCCN=C(N)N)NC(=O)C(N)Cc1cnc[nH]1)C(=O)O. The van der Waals surface area contributed by atoms with Crippen molar-refractivity contribution in [1.82, 2.24) is 25.9 Å². The first-order chi connectivity index (χ1) is 18.4. The van der Waals surface area contributed by atoms with Gasteiger partial charge < -0.3 is 49.0 Å². The fourth-order valence-electron chi connectivity index (χ4n) is 3.37. The van der Waals surface area contributed by atoms with E-state index in [4.69, 9.17) is 22.9 Å². The number of hydrogen-bond acceptors (Lipinski definition) is 9. The summed E-state index contributed by atoms with van der Waals surface area (Å²) < 4.78 is 0. The summed E-state index contributed by atoms with van der Waals surface area (Å²) in [5.41, 5.74) is 22.5. The minimum Gasteiger partial charge on any atom is -0.480 e. The van der Waals surface area contributed by atoms with Gasteiger partial charge in [0.25, 0.3) is 0 Å². The van der Waals surface area contributed by atoms with Crippen LogP contribution in [0.4, 0.5) is 0 Å². The molecule has 13 N–H and O–H groups in total. The van der Waals surface area contributed by atoms with E-state index in [0.717, 1.165) is 0 Å². The van der Waals surface area contributed by atoms with Gasteiger partial charge in [-0.15, -0.1) is 0 Å². The van der Waals surface area contributed by atoms with Gasteiger partial charge in [-0.25, -0.2) is 9.78 Å². The number of rotatable bonds is 19. The number of aliphatic carboxylic acids is 1. The molecule has 1 heterocycles. The minimum absolute atomic E-state index is 0.0841. The number of aliphatic imine (C=N–C) groups is 1. The van der Waals surface area contributed by atoms with Crippen LogP contribution in [-0.2, 0) is 30.4 Å². The Hall–Kier alpha value is -3.86. The zero-order valence-corrected chi connectivity index (χ0v) is 22.5. The number of carbonyl (C=O) groups excluding carboxylic acids is 4. The zero-order chi connectivity index (χ0) is 29.4. The number of aromatic nitrogens is 2. The number of guanidine groups is 1. The molecule has 0 fully saturated rings. The van der Waals surface area contributed by atoms with Crippen LogP contribution in [0.25, 0.3) is 0 Å². The standard InChI is InChI=1S/C22H38N10O6S/c1-39-8-6-16(21(37)38)32-20(36)15(4-5-17(24)33)31-19(35)14(3-2-7-28-22(25)26)30-18(34)13(23)9-12-10-27-11-29-12/h10-11,13-16H,2-9,23H2,1H3,(H2,24,33)(H,27,29)(H,30,34)(H,31,35)(H,32,36)(H,37,38)(H4,25,26,28). The van der Waals surface area contributed by atoms with Gasteiger partial charge in [0.1, 0.15) is 18.1 Å². The van der Waals surface area contributed by atoms with Crippen LogP contribution in [0.2, 0.25) is 0 Å². The van der Waals surface area contributed by atoms with Gasteiger partial charge in [0.2, 0.25) is 23.6 Å². The number of carbonyl (C=O) groups is 5. The van der Waals surface area contributed by atoms with Gasteiger partial charge in [-0.1, -0.05) is 0 Å². The van der Waals surface area contributed by atoms with E-state index in [1.165, 1.54) is 24.3 Å². The van der Waals surface area contributed by atoms with Crippen LogP contribution in [0.15, 0.2) is 17.5 Å². The predicted molar refractivity (Wildman–Crippen MR) is 145 cm³/mol. The average molecular weight is 571 g/mol. The molecule has 0 aromatic carbocycles. The summed E-state index contributed by atoms with van der Waals surface area (Å²) >= 11 is 1.41. The Kier molecular flexibility index (Phi) is 15.0. The van der Waals surface area contributed by atoms with Gasteiger partial charge in [0.15, 0.2) is 5.96 Å². The van der Waals surface area contributed by atoms with Gasteiger partial charge >= 0.3 is 5.97 Å². The van der Waals surface area contributed by atoms with Crippen LogP contribution >= 0.6 is 11.8 Å². The average Bonchev–Trinajstić information content (AvgIpc) is 3.38. The number of carboxylic acids is 1. The molecule has 1 aromatic heterocycles. The van der Waals surface area contributed by atoms with Crippen molar-refractivity contribution >= 4 is 47.3 Å². The number of imidazole rings is 1. The third kappa shape index (κ3) is 13.5. The number of aromatic amines is 1. The third-order valence-corrected chi connectivity index (χ3v) is 6.09. The van der Waals surface area contributed by atoms with Crippen molar-refractivity contribution in [3.05, 3.63) is 18.2 Å². The predicted octanol–water partition coefficient (Wildman–Crippen LogP) is -3.11. The van der Waals surface area contributed by atoms with Crippen molar-refractivity contribution < 1.29 is 29.1 Å². The molecule has 4 unspecified atom stereocenters. The number of carboxylic acid groups (broad SMARTS) is 1. The summed E-state index contributed by atoms with van der Waals surface area (Å²) in [5, 5.41) is 16.9. The molecule has 0 radical (unpaired) electrons. The maximum atomic E-state index is 13.2. The number of nitrogens with zero attached hydrogens (tertiary/aromatic N) is 2. The quantitative estimate of drug-likeness (QED) is 0.0455.